The fourth-order valence-electron chi connectivity index (χ4n) is 2.26. The molecule has 0 heterocycles. The van der Waals surface area contributed by atoms with Gasteiger partial charge in [-0.25, -0.2) is 4.79 Å². The molecule has 0 bridgehead atoms. The molecule has 2 rings (SSSR count). The van der Waals surface area contributed by atoms with Crippen LogP contribution in [-0.4, -0.2) is 17.0 Å². The first-order valence-corrected chi connectivity index (χ1v) is 7.78. The summed E-state index contributed by atoms with van der Waals surface area (Å²) in [6, 6.07) is 18.1. The van der Waals surface area contributed by atoms with Gasteiger partial charge in [0.15, 0.2) is 0 Å². The highest BCUT2D eigenvalue weighted by molar-refractivity contribution is 5.89. The van der Waals surface area contributed by atoms with Gasteiger partial charge in [-0.3, -0.25) is 0 Å². The number of anilines is 1. The molecule has 0 fully saturated rings. The summed E-state index contributed by atoms with van der Waals surface area (Å²) in [4.78, 5) is 14.5. The Kier molecular flexibility index (Phi) is 5.59. The normalized spacial score (nSPS) is 11.8. The van der Waals surface area contributed by atoms with Crippen LogP contribution in [0.25, 0.3) is 0 Å². The van der Waals surface area contributed by atoms with E-state index in [1.54, 1.807) is 0 Å². The van der Waals surface area contributed by atoms with Crippen molar-refractivity contribution in [1.82, 2.24) is 4.90 Å². The molecule has 0 aliphatic carbocycles. The minimum atomic E-state index is -0.0537. The molecule has 22 heavy (non-hydrogen) atoms. The number of hydrogen-bond donors (Lipinski definition) is 1. The Bertz CT molecular complexity index is 593. The Morgan fingerprint density at radius 1 is 1.09 bits per heavy atom. The summed E-state index contributed by atoms with van der Waals surface area (Å²) in [6.07, 6.45) is 0.925. The fraction of sp³-hybridized carbons (Fsp3) is 0.316. The molecule has 0 radical (unpaired) electrons. The predicted octanol–water partition coefficient (Wildman–Crippen LogP) is 4.83. The Balaban J connectivity index is 2.10. The number of nitrogens with zero attached hydrogens (tertiary/aromatic N) is 1. The number of amides is 2. The lowest BCUT2D eigenvalue weighted by Crippen LogP contribution is -2.40. The van der Waals surface area contributed by atoms with E-state index < -0.39 is 0 Å². The van der Waals surface area contributed by atoms with Gasteiger partial charge in [-0.1, -0.05) is 55.0 Å². The number of rotatable bonds is 5. The van der Waals surface area contributed by atoms with E-state index in [9.17, 15) is 4.79 Å². The third-order valence-electron chi connectivity index (χ3n) is 3.88. The number of nitrogens with one attached hydrogen (secondary N) is 1. The zero-order valence-electron chi connectivity index (χ0n) is 13.5. The van der Waals surface area contributed by atoms with Gasteiger partial charge < -0.3 is 10.2 Å². The van der Waals surface area contributed by atoms with Crippen molar-refractivity contribution < 1.29 is 4.79 Å². The van der Waals surface area contributed by atoms with E-state index in [0.29, 0.717) is 6.54 Å². The smallest absolute Gasteiger partial charge is 0.318 e. The minimum Gasteiger partial charge on any atom is -0.318 e. The van der Waals surface area contributed by atoms with Crippen LogP contribution in [0.4, 0.5) is 10.5 Å². The van der Waals surface area contributed by atoms with Crippen molar-refractivity contribution in [3.63, 3.8) is 0 Å². The van der Waals surface area contributed by atoms with Crippen LogP contribution >= 0.6 is 0 Å². The van der Waals surface area contributed by atoms with Gasteiger partial charge in [0.05, 0.1) is 0 Å². The highest BCUT2D eigenvalue weighted by Gasteiger charge is 2.19. The summed E-state index contributed by atoms with van der Waals surface area (Å²) in [7, 11) is 0. The van der Waals surface area contributed by atoms with Crippen LogP contribution in [0.2, 0.25) is 0 Å². The van der Waals surface area contributed by atoms with Crippen molar-refractivity contribution in [1.29, 1.82) is 0 Å². The number of carbonyl (C=O) groups is 1. The molecule has 3 nitrogen and oxygen atoms in total. The standard InChI is InChI=1S/C19H24N2O/c1-4-16(3)21(14-17-8-6-5-7-9-17)19(22)20-18-12-10-15(2)11-13-18/h5-13,16H,4,14H2,1-3H3,(H,20,22). The number of benzene rings is 2. The zero-order chi connectivity index (χ0) is 15.9. The van der Waals surface area contributed by atoms with Crippen molar-refractivity contribution >= 4 is 11.7 Å². The summed E-state index contributed by atoms with van der Waals surface area (Å²) in [6.45, 7) is 6.83. The molecule has 3 heteroatoms. The summed E-state index contributed by atoms with van der Waals surface area (Å²) in [5, 5.41) is 2.99. The first-order valence-electron chi connectivity index (χ1n) is 7.78. The van der Waals surface area contributed by atoms with E-state index in [4.69, 9.17) is 0 Å². The zero-order valence-corrected chi connectivity index (χ0v) is 13.5. The van der Waals surface area contributed by atoms with E-state index >= 15 is 0 Å². The molecule has 0 aliphatic heterocycles. The maximum absolute atomic E-state index is 12.6. The highest BCUT2D eigenvalue weighted by Crippen LogP contribution is 2.15. The molecule has 2 aromatic carbocycles. The average molecular weight is 296 g/mol. The predicted molar refractivity (Wildman–Crippen MR) is 91.9 cm³/mol. The van der Waals surface area contributed by atoms with Gasteiger partial charge in [0.25, 0.3) is 0 Å². The van der Waals surface area contributed by atoms with Gasteiger partial charge in [0.2, 0.25) is 0 Å². The van der Waals surface area contributed by atoms with Crippen molar-refractivity contribution in [3.05, 3.63) is 65.7 Å². The van der Waals surface area contributed by atoms with Crippen LogP contribution in [0.15, 0.2) is 54.6 Å². The van der Waals surface area contributed by atoms with Crippen molar-refractivity contribution in [2.24, 2.45) is 0 Å². The fourth-order valence-corrected chi connectivity index (χ4v) is 2.26. The van der Waals surface area contributed by atoms with Gasteiger partial charge >= 0.3 is 6.03 Å². The van der Waals surface area contributed by atoms with Crippen LogP contribution in [0, 0.1) is 6.92 Å². The monoisotopic (exact) mass is 296 g/mol. The quantitative estimate of drug-likeness (QED) is 0.842. The summed E-state index contributed by atoms with van der Waals surface area (Å²) >= 11 is 0. The maximum atomic E-state index is 12.6. The highest BCUT2D eigenvalue weighted by atomic mass is 16.2. The molecule has 2 amide bonds. The summed E-state index contributed by atoms with van der Waals surface area (Å²) in [5.41, 5.74) is 3.15. The first-order chi connectivity index (χ1) is 10.6. The second-order valence-corrected chi connectivity index (χ2v) is 5.67. The lowest BCUT2D eigenvalue weighted by Gasteiger charge is -2.29. The Labute approximate surface area is 133 Å². The van der Waals surface area contributed by atoms with E-state index in [1.807, 2.05) is 54.3 Å². The Morgan fingerprint density at radius 3 is 2.32 bits per heavy atom. The molecule has 0 saturated carbocycles. The average Bonchev–Trinajstić information content (AvgIpc) is 2.55. The third-order valence-corrected chi connectivity index (χ3v) is 3.88. The third kappa shape index (κ3) is 4.35. The van der Waals surface area contributed by atoms with Crippen molar-refractivity contribution in [3.8, 4) is 0 Å². The van der Waals surface area contributed by atoms with Gasteiger partial charge in [-0.15, -0.1) is 0 Å². The van der Waals surface area contributed by atoms with Gasteiger partial charge in [-0.2, -0.15) is 0 Å². The van der Waals surface area contributed by atoms with Crippen LogP contribution in [0.1, 0.15) is 31.4 Å². The van der Waals surface area contributed by atoms with E-state index in [2.05, 4.69) is 31.3 Å². The Morgan fingerprint density at radius 2 is 1.73 bits per heavy atom. The molecule has 1 atom stereocenters. The molecule has 0 aliphatic rings. The van der Waals surface area contributed by atoms with Gasteiger partial charge in [-0.05, 0) is 38.0 Å². The number of hydrogen-bond acceptors (Lipinski definition) is 1. The Hall–Kier alpha value is -2.29. The maximum Gasteiger partial charge on any atom is 0.322 e. The molecule has 116 valence electrons. The largest absolute Gasteiger partial charge is 0.322 e. The molecule has 2 aromatic rings. The first kappa shape index (κ1) is 16.1. The van der Waals surface area contributed by atoms with Crippen LogP contribution in [0.5, 0.6) is 0 Å². The molecule has 0 saturated heterocycles. The van der Waals surface area contributed by atoms with E-state index in [0.717, 1.165) is 17.7 Å². The topological polar surface area (TPSA) is 32.3 Å². The number of carbonyl (C=O) groups excluding carboxylic acids is 1. The number of aryl methyl sites for hydroxylation is 1. The molecular weight excluding hydrogens is 272 g/mol. The second-order valence-electron chi connectivity index (χ2n) is 5.67. The summed E-state index contributed by atoms with van der Waals surface area (Å²) < 4.78 is 0. The molecule has 0 spiro atoms. The lowest BCUT2D eigenvalue weighted by atomic mass is 10.1. The van der Waals surface area contributed by atoms with E-state index in [1.165, 1.54) is 5.56 Å². The molecule has 1 N–H and O–H groups in total. The minimum absolute atomic E-state index is 0.0537. The van der Waals surface area contributed by atoms with Crippen molar-refractivity contribution in [2.45, 2.75) is 39.8 Å². The van der Waals surface area contributed by atoms with Crippen molar-refractivity contribution in [2.75, 3.05) is 5.32 Å². The SMILES string of the molecule is CCC(C)N(Cc1ccccc1)C(=O)Nc1ccc(C)cc1. The summed E-state index contributed by atoms with van der Waals surface area (Å²) in [5.74, 6) is 0. The molecule has 1 unspecified atom stereocenters. The van der Waals surface area contributed by atoms with E-state index in [-0.39, 0.29) is 12.1 Å². The van der Waals surface area contributed by atoms with Gasteiger partial charge in [0, 0.05) is 18.3 Å². The van der Waals surface area contributed by atoms with Gasteiger partial charge in [0.1, 0.15) is 0 Å². The van der Waals surface area contributed by atoms with Crippen LogP contribution < -0.4 is 5.32 Å². The molecular formula is C19H24N2O. The lowest BCUT2D eigenvalue weighted by molar-refractivity contribution is 0.187. The van der Waals surface area contributed by atoms with Crippen LogP contribution in [0.3, 0.4) is 0 Å². The second kappa shape index (κ2) is 7.64. The number of urea groups is 1. The molecule has 0 aromatic heterocycles. The van der Waals surface area contributed by atoms with Crippen LogP contribution in [-0.2, 0) is 6.54 Å².